The van der Waals surface area contributed by atoms with E-state index in [1.54, 1.807) is 0 Å². The Balaban J connectivity index is 1.46. The minimum atomic E-state index is 0.950. The van der Waals surface area contributed by atoms with Gasteiger partial charge < -0.3 is 4.57 Å². The first-order chi connectivity index (χ1) is 19.7. The molecule has 0 amide bonds. The van der Waals surface area contributed by atoms with Crippen molar-refractivity contribution in [2.75, 3.05) is 4.90 Å². The lowest BCUT2D eigenvalue weighted by atomic mass is 10.1. The van der Waals surface area contributed by atoms with Crippen molar-refractivity contribution in [1.29, 1.82) is 0 Å². The molecule has 0 spiro atoms. The van der Waals surface area contributed by atoms with Crippen molar-refractivity contribution >= 4 is 65.7 Å². The second-order valence-corrected chi connectivity index (χ2v) is 11.0. The molecule has 194 valence electrons. The van der Waals surface area contributed by atoms with Crippen LogP contribution in [0, 0.1) is 6.92 Å². The molecule has 0 aliphatic heterocycles. The van der Waals surface area contributed by atoms with Crippen molar-refractivity contribution < 1.29 is 0 Å². The van der Waals surface area contributed by atoms with Crippen LogP contribution in [0.1, 0.15) is 24.6 Å². The van der Waals surface area contributed by atoms with E-state index in [1.165, 1.54) is 48.0 Å². The lowest BCUT2D eigenvalue weighted by Gasteiger charge is -2.24. The number of hydrogen-bond acceptors (Lipinski definition) is 3. The van der Waals surface area contributed by atoms with Crippen LogP contribution in [0.25, 0.3) is 42.8 Å². The molecular formula is C36H29N3S. The average molecular weight is 536 g/mol. The van der Waals surface area contributed by atoms with Gasteiger partial charge in [-0.3, -0.25) is 4.90 Å². The van der Waals surface area contributed by atoms with Gasteiger partial charge in [-0.05, 0) is 79.6 Å². The Labute approximate surface area is 238 Å². The van der Waals surface area contributed by atoms with Gasteiger partial charge in [-0.2, -0.15) is 0 Å². The number of thiophene rings is 1. The lowest BCUT2D eigenvalue weighted by molar-refractivity contribution is 1.10. The molecule has 0 unspecified atom stereocenters. The molecule has 3 heterocycles. The molecule has 4 aromatic carbocycles. The highest BCUT2D eigenvalue weighted by atomic mass is 32.1. The summed E-state index contributed by atoms with van der Waals surface area (Å²) in [6.07, 6.45) is 7.46. The number of benzene rings is 4. The molecule has 0 radical (unpaired) electrons. The molecule has 7 aromatic rings. The topological polar surface area (TPSA) is 21.1 Å². The van der Waals surface area contributed by atoms with Gasteiger partial charge in [0.1, 0.15) is 0 Å². The molecule has 3 nitrogen and oxygen atoms in total. The zero-order chi connectivity index (χ0) is 27.1. The summed E-state index contributed by atoms with van der Waals surface area (Å²) in [6, 6.07) is 38.7. The first-order valence-corrected chi connectivity index (χ1v) is 14.5. The van der Waals surface area contributed by atoms with Crippen LogP contribution in [0.2, 0.25) is 0 Å². The molecule has 0 saturated heterocycles. The predicted octanol–water partition coefficient (Wildman–Crippen LogP) is 10.6. The van der Waals surface area contributed by atoms with Crippen LogP contribution in [0.15, 0.2) is 121 Å². The molecule has 0 saturated carbocycles. The molecule has 0 aliphatic rings. The SMILES string of the molecule is CC/C=C\c1c(C)c2ccccc2n1-c1ccc2sc3c(N(c4ccccc4)c4ccccc4)nccc3c2c1. The van der Waals surface area contributed by atoms with Crippen molar-refractivity contribution in [2.24, 2.45) is 0 Å². The van der Waals surface area contributed by atoms with Crippen LogP contribution >= 0.6 is 11.3 Å². The van der Waals surface area contributed by atoms with Crippen LogP contribution in [0.3, 0.4) is 0 Å². The van der Waals surface area contributed by atoms with Crippen molar-refractivity contribution in [3.8, 4) is 5.69 Å². The molecular weight excluding hydrogens is 506 g/mol. The Morgan fingerprint density at radius 3 is 2.20 bits per heavy atom. The summed E-state index contributed by atoms with van der Waals surface area (Å²) in [5.74, 6) is 0.950. The summed E-state index contributed by atoms with van der Waals surface area (Å²) in [7, 11) is 0. The van der Waals surface area contributed by atoms with Gasteiger partial charge >= 0.3 is 0 Å². The van der Waals surface area contributed by atoms with Crippen LogP contribution in [0.4, 0.5) is 17.2 Å². The summed E-state index contributed by atoms with van der Waals surface area (Å²) in [6.45, 7) is 4.41. The summed E-state index contributed by atoms with van der Waals surface area (Å²) in [4.78, 5) is 7.21. The zero-order valence-electron chi connectivity index (χ0n) is 22.6. The Hall–Kier alpha value is -4.67. The monoisotopic (exact) mass is 535 g/mol. The number of anilines is 3. The smallest absolute Gasteiger partial charge is 0.155 e. The van der Waals surface area contributed by atoms with E-state index in [2.05, 4.69) is 145 Å². The fourth-order valence-electron chi connectivity index (χ4n) is 5.65. The van der Waals surface area contributed by atoms with E-state index in [4.69, 9.17) is 4.98 Å². The number of pyridine rings is 1. The van der Waals surface area contributed by atoms with Crippen LogP contribution in [-0.4, -0.2) is 9.55 Å². The van der Waals surface area contributed by atoms with E-state index < -0.39 is 0 Å². The standard InChI is InChI=1S/C36H29N3S/c1-3-4-18-32-25(2)29-17-11-12-19-33(29)39(32)28-20-21-34-31(24-28)30-22-23-37-36(35(30)40-34)38(26-13-7-5-8-14-26)27-15-9-6-10-16-27/h4-24H,3H2,1-2H3/b18-4-. The van der Waals surface area contributed by atoms with Crippen molar-refractivity contribution in [3.63, 3.8) is 0 Å². The van der Waals surface area contributed by atoms with Crippen molar-refractivity contribution in [2.45, 2.75) is 20.3 Å². The highest BCUT2D eigenvalue weighted by Gasteiger charge is 2.20. The normalized spacial score (nSPS) is 11.8. The predicted molar refractivity (Wildman–Crippen MR) is 173 cm³/mol. The fourth-order valence-corrected chi connectivity index (χ4v) is 6.81. The highest BCUT2D eigenvalue weighted by Crippen LogP contribution is 2.44. The zero-order valence-corrected chi connectivity index (χ0v) is 23.4. The summed E-state index contributed by atoms with van der Waals surface area (Å²) in [5, 5.41) is 3.77. The molecule has 0 aliphatic carbocycles. The number of hydrogen-bond donors (Lipinski definition) is 0. The van der Waals surface area contributed by atoms with Crippen LogP contribution in [-0.2, 0) is 0 Å². The molecule has 4 heteroatoms. The average Bonchev–Trinajstić information content (AvgIpc) is 3.52. The van der Waals surface area contributed by atoms with Gasteiger partial charge in [0.05, 0.1) is 10.2 Å². The van der Waals surface area contributed by atoms with Crippen LogP contribution < -0.4 is 4.90 Å². The second kappa shape index (κ2) is 10.1. The quantitative estimate of drug-likeness (QED) is 0.211. The molecule has 0 N–H and O–H groups in total. The van der Waals surface area contributed by atoms with Gasteiger partial charge in [0.15, 0.2) is 5.82 Å². The fraction of sp³-hybridized carbons (Fsp3) is 0.0833. The Kier molecular flexibility index (Phi) is 6.18. The van der Waals surface area contributed by atoms with Crippen LogP contribution in [0.5, 0.6) is 0 Å². The first-order valence-electron chi connectivity index (χ1n) is 13.7. The number of allylic oxidation sites excluding steroid dienone is 1. The Morgan fingerprint density at radius 1 is 0.775 bits per heavy atom. The molecule has 40 heavy (non-hydrogen) atoms. The maximum Gasteiger partial charge on any atom is 0.155 e. The first kappa shape index (κ1) is 24.4. The van der Waals surface area contributed by atoms with Gasteiger partial charge in [0.25, 0.3) is 0 Å². The third kappa shape index (κ3) is 4.00. The summed E-state index contributed by atoms with van der Waals surface area (Å²) < 4.78 is 4.84. The van der Waals surface area contributed by atoms with Gasteiger partial charge in [-0.15, -0.1) is 11.3 Å². The van der Waals surface area contributed by atoms with Gasteiger partial charge in [-0.1, -0.05) is 67.6 Å². The third-order valence-electron chi connectivity index (χ3n) is 7.54. The molecule has 7 rings (SSSR count). The second-order valence-electron chi connectivity index (χ2n) is 9.97. The van der Waals surface area contributed by atoms with E-state index in [-0.39, 0.29) is 0 Å². The molecule has 3 aromatic heterocycles. The molecule has 0 atom stereocenters. The maximum absolute atomic E-state index is 4.95. The van der Waals surface area contributed by atoms with Crippen molar-refractivity contribution in [3.05, 3.63) is 133 Å². The van der Waals surface area contributed by atoms with Crippen molar-refractivity contribution in [1.82, 2.24) is 9.55 Å². The number of aryl methyl sites for hydroxylation is 1. The molecule has 0 fully saturated rings. The minimum Gasteiger partial charge on any atom is -0.310 e. The Bertz CT molecular complexity index is 1960. The third-order valence-corrected chi connectivity index (χ3v) is 8.72. The van der Waals surface area contributed by atoms with Gasteiger partial charge in [0.2, 0.25) is 0 Å². The summed E-state index contributed by atoms with van der Waals surface area (Å²) >= 11 is 1.81. The highest BCUT2D eigenvalue weighted by molar-refractivity contribution is 7.26. The number of fused-ring (bicyclic) bond motifs is 4. The number of para-hydroxylation sites is 3. The lowest BCUT2D eigenvalue weighted by Crippen LogP contribution is -2.11. The largest absolute Gasteiger partial charge is 0.310 e. The number of aromatic nitrogens is 2. The van der Waals surface area contributed by atoms with E-state index in [0.29, 0.717) is 0 Å². The maximum atomic E-state index is 4.95. The van der Waals surface area contributed by atoms with Gasteiger partial charge in [0, 0.05) is 49.8 Å². The minimum absolute atomic E-state index is 0.950. The van der Waals surface area contributed by atoms with E-state index in [0.717, 1.165) is 23.6 Å². The number of nitrogens with zero attached hydrogens (tertiary/aromatic N) is 3. The Morgan fingerprint density at radius 2 is 1.48 bits per heavy atom. The van der Waals surface area contributed by atoms with E-state index in [9.17, 15) is 0 Å². The van der Waals surface area contributed by atoms with E-state index in [1.807, 2.05) is 17.5 Å². The van der Waals surface area contributed by atoms with Gasteiger partial charge in [-0.25, -0.2) is 4.98 Å². The summed E-state index contributed by atoms with van der Waals surface area (Å²) in [5.41, 5.74) is 7.14. The van der Waals surface area contributed by atoms with E-state index >= 15 is 0 Å². The molecule has 0 bridgehead atoms. The number of rotatable bonds is 6.